The zero-order valence-electron chi connectivity index (χ0n) is 21.9. The fourth-order valence-corrected chi connectivity index (χ4v) is 6.64. The molecule has 1 N–H and O–H groups in total. The van der Waals surface area contributed by atoms with Gasteiger partial charge in [0.15, 0.2) is 11.3 Å². The van der Waals surface area contributed by atoms with Crippen LogP contribution in [0, 0.1) is 13.8 Å². The fourth-order valence-electron chi connectivity index (χ4n) is 4.94. The first-order valence-electron chi connectivity index (χ1n) is 12.6. The molecule has 1 aliphatic heterocycles. The molecule has 0 spiro atoms. The van der Waals surface area contributed by atoms with Gasteiger partial charge in [0, 0.05) is 24.5 Å². The minimum absolute atomic E-state index is 0.0622. The van der Waals surface area contributed by atoms with Crippen LogP contribution in [-0.2, 0) is 10.0 Å². The molecule has 0 bridgehead atoms. The van der Waals surface area contributed by atoms with Crippen LogP contribution < -0.4 is 10.1 Å². The molecule has 1 fully saturated rings. The van der Waals surface area contributed by atoms with E-state index < -0.39 is 10.0 Å². The molecule has 198 valence electrons. The predicted molar refractivity (Wildman–Crippen MR) is 145 cm³/mol. The van der Waals surface area contributed by atoms with E-state index >= 15 is 0 Å². The molecule has 1 aliphatic rings. The Hall–Kier alpha value is -3.76. The molecule has 3 heterocycles. The molecule has 1 amide bonds. The van der Waals surface area contributed by atoms with Crippen LogP contribution in [0.3, 0.4) is 0 Å². The van der Waals surface area contributed by atoms with E-state index in [1.165, 1.54) is 11.4 Å². The van der Waals surface area contributed by atoms with Gasteiger partial charge in [0.05, 0.1) is 18.7 Å². The zero-order chi connectivity index (χ0) is 27.0. The van der Waals surface area contributed by atoms with Crippen LogP contribution in [0.15, 0.2) is 59.5 Å². The summed E-state index contributed by atoms with van der Waals surface area (Å²) < 4.78 is 35.7. The van der Waals surface area contributed by atoms with Gasteiger partial charge in [0.1, 0.15) is 10.6 Å². The summed E-state index contributed by atoms with van der Waals surface area (Å²) in [6, 6.07) is 16.2. The van der Waals surface area contributed by atoms with Gasteiger partial charge in [-0.2, -0.15) is 9.40 Å². The SMILES string of the molecule is COc1ccc(-c2c(C(=O)NC(C)c3ccccc3)nn3c(C)cc(C)nc23)cc1S(=O)(=O)N1CCCC1. The predicted octanol–water partition coefficient (Wildman–Crippen LogP) is 4.30. The third-order valence-electron chi connectivity index (χ3n) is 6.89. The number of carbonyl (C=O) groups excluding carboxylic acids is 1. The van der Waals surface area contributed by atoms with Gasteiger partial charge in [-0.3, -0.25) is 4.79 Å². The molecule has 0 radical (unpaired) electrons. The van der Waals surface area contributed by atoms with Crippen molar-refractivity contribution in [3.63, 3.8) is 0 Å². The zero-order valence-corrected chi connectivity index (χ0v) is 22.7. The molecule has 1 atom stereocenters. The number of benzene rings is 2. The van der Waals surface area contributed by atoms with Crippen molar-refractivity contribution in [1.82, 2.24) is 24.2 Å². The van der Waals surface area contributed by atoms with E-state index in [0.717, 1.165) is 29.8 Å². The molecule has 9 nitrogen and oxygen atoms in total. The average Bonchev–Trinajstić information content (AvgIpc) is 3.58. The summed E-state index contributed by atoms with van der Waals surface area (Å²) in [6.45, 7) is 6.61. The number of hydrogen-bond donors (Lipinski definition) is 1. The molecule has 1 unspecified atom stereocenters. The van der Waals surface area contributed by atoms with Gasteiger partial charge in [-0.1, -0.05) is 36.4 Å². The van der Waals surface area contributed by atoms with Crippen molar-refractivity contribution in [1.29, 1.82) is 0 Å². The molecule has 0 saturated carbocycles. The van der Waals surface area contributed by atoms with Crippen LogP contribution in [-0.4, -0.2) is 53.4 Å². The van der Waals surface area contributed by atoms with Gasteiger partial charge < -0.3 is 10.1 Å². The van der Waals surface area contributed by atoms with E-state index in [9.17, 15) is 13.2 Å². The Balaban J connectivity index is 1.67. The highest BCUT2D eigenvalue weighted by Crippen LogP contribution is 2.36. The highest BCUT2D eigenvalue weighted by Gasteiger charge is 2.32. The Morgan fingerprint density at radius 1 is 1.05 bits per heavy atom. The molecule has 1 saturated heterocycles. The topological polar surface area (TPSA) is 106 Å². The van der Waals surface area contributed by atoms with Crippen LogP contribution in [0.2, 0.25) is 0 Å². The molecule has 38 heavy (non-hydrogen) atoms. The van der Waals surface area contributed by atoms with E-state index in [4.69, 9.17) is 9.72 Å². The van der Waals surface area contributed by atoms with Crippen molar-refractivity contribution in [2.24, 2.45) is 0 Å². The molecule has 2 aromatic carbocycles. The summed E-state index contributed by atoms with van der Waals surface area (Å²) in [5, 5.41) is 7.68. The van der Waals surface area contributed by atoms with Gasteiger partial charge in [0.2, 0.25) is 10.0 Å². The summed E-state index contributed by atoms with van der Waals surface area (Å²) >= 11 is 0. The quantitative estimate of drug-likeness (QED) is 0.380. The van der Waals surface area contributed by atoms with E-state index in [1.54, 1.807) is 22.7 Å². The number of ether oxygens (including phenoxy) is 1. The van der Waals surface area contributed by atoms with Crippen LogP contribution >= 0.6 is 0 Å². The summed E-state index contributed by atoms with van der Waals surface area (Å²) in [5.74, 6) is -0.125. The van der Waals surface area contributed by atoms with Crippen molar-refractivity contribution in [3.05, 3.63) is 77.2 Å². The Morgan fingerprint density at radius 2 is 1.76 bits per heavy atom. The van der Waals surface area contributed by atoms with Gasteiger partial charge in [-0.05, 0) is 62.9 Å². The molecular weight excluding hydrogens is 502 g/mol. The summed E-state index contributed by atoms with van der Waals surface area (Å²) in [5.41, 5.74) is 4.17. The number of carbonyl (C=O) groups is 1. The first-order chi connectivity index (χ1) is 18.2. The first kappa shape index (κ1) is 25.9. The third-order valence-corrected chi connectivity index (χ3v) is 8.81. The normalized spacial score (nSPS) is 15.1. The van der Waals surface area contributed by atoms with Gasteiger partial charge in [-0.15, -0.1) is 0 Å². The number of aryl methyl sites for hydroxylation is 2. The molecule has 10 heteroatoms. The summed E-state index contributed by atoms with van der Waals surface area (Å²) in [7, 11) is -2.34. The summed E-state index contributed by atoms with van der Waals surface area (Å²) in [4.78, 5) is 18.4. The smallest absolute Gasteiger partial charge is 0.273 e. The number of aromatic nitrogens is 3. The molecular formula is C28H31N5O4S. The second kappa shape index (κ2) is 10.2. The van der Waals surface area contributed by atoms with Gasteiger partial charge >= 0.3 is 0 Å². The maximum Gasteiger partial charge on any atom is 0.273 e. The van der Waals surface area contributed by atoms with E-state index in [-0.39, 0.29) is 28.3 Å². The maximum atomic E-state index is 13.6. The Kier molecular flexibility index (Phi) is 6.93. The van der Waals surface area contributed by atoms with Crippen molar-refractivity contribution in [2.75, 3.05) is 20.2 Å². The van der Waals surface area contributed by atoms with Crippen LogP contribution in [0.5, 0.6) is 5.75 Å². The average molecular weight is 534 g/mol. The van der Waals surface area contributed by atoms with Gasteiger partial charge in [0.25, 0.3) is 5.91 Å². The Labute approximate surface area is 222 Å². The van der Waals surface area contributed by atoms with Crippen molar-refractivity contribution in [3.8, 4) is 16.9 Å². The summed E-state index contributed by atoms with van der Waals surface area (Å²) in [6.07, 6.45) is 1.64. The highest BCUT2D eigenvalue weighted by molar-refractivity contribution is 7.89. The van der Waals surface area contributed by atoms with E-state index in [2.05, 4.69) is 10.4 Å². The number of nitrogens with one attached hydrogen (secondary N) is 1. The monoisotopic (exact) mass is 533 g/mol. The van der Waals surface area contributed by atoms with E-state index in [0.29, 0.717) is 29.9 Å². The lowest BCUT2D eigenvalue weighted by atomic mass is 10.0. The number of methoxy groups -OCH3 is 1. The van der Waals surface area contributed by atoms with Crippen LogP contribution in [0.25, 0.3) is 16.8 Å². The van der Waals surface area contributed by atoms with E-state index in [1.807, 2.05) is 57.2 Å². The largest absolute Gasteiger partial charge is 0.495 e. The number of hydrogen-bond acceptors (Lipinski definition) is 6. The van der Waals surface area contributed by atoms with Crippen molar-refractivity contribution >= 4 is 21.6 Å². The lowest BCUT2D eigenvalue weighted by Gasteiger charge is -2.18. The minimum atomic E-state index is -3.79. The number of sulfonamides is 1. The van der Waals surface area contributed by atoms with Crippen molar-refractivity contribution < 1.29 is 17.9 Å². The van der Waals surface area contributed by atoms with Crippen LogP contribution in [0.1, 0.15) is 53.2 Å². The second-order valence-electron chi connectivity index (χ2n) is 9.58. The standard InChI is InChI=1S/C28H31N5O4S/c1-18-16-19(2)33-27(29-18)25(26(31-33)28(34)30-20(3)21-10-6-5-7-11-21)22-12-13-23(37-4)24(17-22)38(35,36)32-14-8-9-15-32/h5-7,10-13,16-17,20H,8-9,14-15H2,1-4H3,(H,30,34). The Bertz CT molecular complexity index is 1610. The number of rotatable bonds is 7. The van der Waals surface area contributed by atoms with Crippen molar-refractivity contribution in [2.45, 2.75) is 44.6 Å². The molecule has 5 rings (SSSR count). The number of amides is 1. The third kappa shape index (κ3) is 4.65. The number of nitrogens with zero attached hydrogens (tertiary/aromatic N) is 4. The lowest BCUT2D eigenvalue weighted by Crippen LogP contribution is -2.28. The minimum Gasteiger partial charge on any atom is -0.495 e. The second-order valence-corrected chi connectivity index (χ2v) is 11.5. The highest BCUT2D eigenvalue weighted by atomic mass is 32.2. The molecule has 2 aromatic heterocycles. The Morgan fingerprint density at radius 3 is 2.45 bits per heavy atom. The molecule has 4 aromatic rings. The first-order valence-corrected chi connectivity index (χ1v) is 14.1. The maximum absolute atomic E-state index is 13.6. The number of fused-ring (bicyclic) bond motifs is 1. The van der Waals surface area contributed by atoms with Crippen LogP contribution in [0.4, 0.5) is 0 Å². The van der Waals surface area contributed by atoms with Gasteiger partial charge in [-0.25, -0.2) is 17.9 Å². The lowest BCUT2D eigenvalue weighted by molar-refractivity contribution is 0.0935. The fraction of sp³-hybridized carbons (Fsp3) is 0.321. The molecule has 0 aliphatic carbocycles.